The smallest absolute Gasteiger partial charge is 0.407 e. The molecule has 1 unspecified atom stereocenters. The molecule has 3 N–H and O–H groups in total. The van der Waals surface area contributed by atoms with E-state index in [1.165, 1.54) is 11.1 Å². The van der Waals surface area contributed by atoms with Crippen LogP contribution in [0.5, 0.6) is 0 Å². The zero-order valence-corrected chi connectivity index (χ0v) is 19.0. The van der Waals surface area contributed by atoms with Crippen LogP contribution in [0.3, 0.4) is 0 Å². The van der Waals surface area contributed by atoms with Crippen LogP contribution in [0.2, 0.25) is 0 Å². The summed E-state index contributed by atoms with van der Waals surface area (Å²) in [5.74, 6) is -0.831. The number of fused-ring (bicyclic) bond motifs is 3. The molecular formula is C27H30N2O5. The number of alkyl carbamates (subject to hydrolysis) is 1. The maximum atomic E-state index is 12.6. The van der Waals surface area contributed by atoms with E-state index < -0.39 is 12.1 Å². The normalized spacial score (nSPS) is 21.5. The fourth-order valence-corrected chi connectivity index (χ4v) is 5.31. The van der Waals surface area contributed by atoms with Gasteiger partial charge >= 0.3 is 12.1 Å². The number of nitrogens with one attached hydrogen (secondary N) is 2. The molecule has 2 saturated carbocycles. The average molecular weight is 463 g/mol. The third-order valence-electron chi connectivity index (χ3n) is 7.55. The number of hydrogen-bond donors (Lipinski definition) is 3. The topological polar surface area (TPSA) is 105 Å². The molecule has 7 nitrogen and oxygen atoms in total. The van der Waals surface area contributed by atoms with E-state index in [2.05, 4.69) is 34.9 Å². The molecule has 0 aliphatic heterocycles. The Morgan fingerprint density at radius 3 is 2.24 bits per heavy atom. The summed E-state index contributed by atoms with van der Waals surface area (Å²) in [6.45, 7) is 0.633. The standard InChI is InChI=1S/C27H30N2O5/c30-25(31)13-24(16-6-5-7-16)29-26(32)22-12-17(22)14-28-27(33)34-15-23-20-10-3-1-8-18(20)19-9-2-4-11-21(19)23/h1-4,8-11,16-17,22-24H,5-7,12-15H2,(H,28,33)(H,29,32)(H,30,31)/t17-,22-,24?/m1/s1. The summed E-state index contributed by atoms with van der Waals surface area (Å²) in [4.78, 5) is 36.1. The number of carboxylic acids is 1. The van der Waals surface area contributed by atoms with Crippen LogP contribution in [-0.4, -0.2) is 42.3 Å². The van der Waals surface area contributed by atoms with Crippen LogP contribution in [0.15, 0.2) is 48.5 Å². The fourth-order valence-electron chi connectivity index (χ4n) is 5.31. The quantitative estimate of drug-likeness (QED) is 0.524. The van der Waals surface area contributed by atoms with Gasteiger partial charge in [0.1, 0.15) is 6.61 Å². The minimum Gasteiger partial charge on any atom is -0.481 e. The predicted octanol–water partition coefficient (Wildman–Crippen LogP) is 3.92. The number of carbonyl (C=O) groups is 3. The summed E-state index contributed by atoms with van der Waals surface area (Å²) in [5.41, 5.74) is 4.69. The SMILES string of the molecule is O=C(O)CC(NC(=O)[C@@H]1C[C@@H]1CNC(=O)OCC1c2ccccc2-c2ccccc21)C1CCC1. The van der Waals surface area contributed by atoms with E-state index >= 15 is 0 Å². The Balaban J connectivity index is 1.08. The van der Waals surface area contributed by atoms with Crippen LogP contribution >= 0.6 is 0 Å². The number of aliphatic carboxylic acids is 1. The molecule has 5 rings (SSSR count). The lowest BCUT2D eigenvalue weighted by atomic mass is 9.78. The summed E-state index contributed by atoms with van der Waals surface area (Å²) in [7, 11) is 0. The number of carboxylic acid groups (broad SMARTS) is 1. The molecule has 2 fully saturated rings. The fraction of sp³-hybridized carbons (Fsp3) is 0.444. The first-order valence-corrected chi connectivity index (χ1v) is 12.1. The largest absolute Gasteiger partial charge is 0.481 e. The second-order valence-electron chi connectivity index (χ2n) is 9.71. The van der Waals surface area contributed by atoms with Gasteiger partial charge in [-0.25, -0.2) is 4.79 Å². The van der Waals surface area contributed by atoms with Gasteiger partial charge in [0, 0.05) is 24.4 Å². The van der Waals surface area contributed by atoms with Crippen LogP contribution in [0.4, 0.5) is 4.79 Å². The van der Waals surface area contributed by atoms with E-state index in [0.717, 1.165) is 30.4 Å². The van der Waals surface area contributed by atoms with Crippen molar-refractivity contribution in [3.63, 3.8) is 0 Å². The molecule has 0 spiro atoms. The maximum absolute atomic E-state index is 12.6. The van der Waals surface area contributed by atoms with E-state index in [9.17, 15) is 14.4 Å². The Morgan fingerprint density at radius 1 is 1.00 bits per heavy atom. The Bertz CT molecular complexity index is 1050. The highest BCUT2D eigenvalue weighted by Gasteiger charge is 2.44. The Morgan fingerprint density at radius 2 is 1.65 bits per heavy atom. The van der Waals surface area contributed by atoms with Crippen molar-refractivity contribution in [1.29, 1.82) is 0 Å². The minimum atomic E-state index is -0.888. The first-order valence-electron chi connectivity index (χ1n) is 12.1. The maximum Gasteiger partial charge on any atom is 0.407 e. The lowest BCUT2D eigenvalue weighted by molar-refractivity contribution is -0.138. The minimum absolute atomic E-state index is 0.00951. The van der Waals surface area contributed by atoms with Gasteiger partial charge in [-0.15, -0.1) is 0 Å². The number of rotatable bonds is 9. The van der Waals surface area contributed by atoms with Gasteiger partial charge in [-0.3, -0.25) is 9.59 Å². The van der Waals surface area contributed by atoms with Crippen molar-refractivity contribution in [3.05, 3.63) is 59.7 Å². The van der Waals surface area contributed by atoms with Crippen molar-refractivity contribution in [1.82, 2.24) is 10.6 Å². The summed E-state index contributed by atoms with van der Waals surface area (Å²) >= 11 is 0. The third-order valence-corrected chi connectivity index (χ3v) is 7.55. The van der Waals surface area contributed by atoms with Gasteiger partial charge in [0.25, 0.3) is 0 Å². The molecule has 2 amide bonds. The molecule has 0 aromatic heterocycles. The van der Waals surface area contributed by atoms with Gasteiger partial charge in [-0.2, -0.15) is 0 Å². The molecule has 3 aliphatic rings. The second kappa shape index (κ2) is 9.49. The number of carbonyl (C=O) groups excluding carboxylic acids is 2. The van der Waals surface area contributed by atoms with E-state index in [-0.39, 0.29) is 48.6 Å². The van der Waals surface area contributed by atoms with Gasteiger partial charge in [0.15, 0.2) is 0 Å². The Kier molecular flexibility index (Phi) is 6.26. The molecular weight excluding hydrogens is 432 g/mol. The van der Waals surface area contributed by atoms with Crippen molar-refractivity contribution in [2.45, 2.75) is 44.1 Å². The number of ether oxygens (including phenoxy) is 1. The highest BCUT2D eigenvalue weighted by molar-refractivity contribution is 5.83. The highest BCUT2D eigenvalue weighted by atomic mass is 16.5. The molecule has 7 heteroatoms. The van der Waals surface area contributed by atoms with Gasteiger partial charge in [0.05, 0.1) is 6.42 Å². The predicted molar refractivity (Wildman–Crippen MR) is 126 cm³/mol. The Hall–Kier alpha value is -3.35. The molecule has 2 aromatic carbocycles. The van der Waals surface area contributed by atoms with Gasteiger partial charge < -0.3 is 20.5 Å². The first-order chi connectivity index (χ1) is 16.5. The van der Waals surface area contributed by atoms with E-state index in [1.54, 1.807) is 0 Å². The van der Waals surface area contributed by atoms with Crippen molar-refractivity contribution in [3.8, 4) is 11.1 Å². The lowest BCUT2D eigenvalue weighted by Crippen LogP contribution is -2.45. The third kappa shape index (κ3) is 4.65. The molecule has 0 bridgehead atoms. The highest BCUT2D eigenvalue weighted by Crippen LogP contribution is 2.44. The van der Waals surface area contributed by atoms with Crippen molar-refractivity contribution in [2.24, 2.45) is 17.8 Å². The summed E-state index contributed by atoms with van der Waals surface area (Å²) in [5, 5.41) is 14.9. The van der Waals surface area contributed by atoms with Crippen LogP contribution < -0.4 is 10.6 Å². The molecule has 34 heavy (non-hydrogen) atoms. The second-order valence-corrected chi connectivity index (χ2v) is 9.71. The molecule has 0 heterocycles. The summed E-state index contributed by atoms with van der Waals surface area (Å²) in [6, 6.07) is 16.1. The number of hydrogen-bond acceptors (Lipinski definition) is 4. The summed E-state index contributed by atoms with van der Waals surface area (Å²) in [6.07, 6.45) is 3.20. The van der Waals surface area contributed by atoms with E-state index in [4.69, 9.17) is 9.84 Å². The van der Waals surface area contributed by atoms with Crippen LogP contribution in [0.25, 0.3) is 11.1 Å². The molecule has 3 aliphatic carbocycles. The van der Waals surface area contributed by atoms with Crippen molar-refractivity contribution >= 4 is 18.0 Å². The molecule has 0 saturated heterocycles. The molecule has 2 aromatic rings. The molecule has 3 atom stereocenters. The molecule has 178 valence electrons. The zero-order valence-electron chi connectivity index (χ0n) is 19.0. The lowest BCUT2D eigenvalue weighted by Gasteiger charge is -2.33. The van der Waals surface area contributed by atoms with Crippen LogP contribution in [0, 0.1) is 17.8 Å². The van der Waals surface area contributed by atoms with E-state index in [1.807, 2.05) is 24.3 Å². The average Bonchev–Trinajstić information content (AvgIpc) is 3.50. The zero-order chi connectivity index (χ0) is 23.7. The van der Waals surface area contributed by atoms with Crippen molar-refractivity contribution < 1.29 is 24.2 Å². The van der Waals surface area contributed by atoms with Crippen LogP contribution in [0.1, 0.15) is 49.1 Å². The van der Waals surface area contributed by atoms with Gasteiger partial charge in [-0.1, -0.05) is 55.0 Å². The number of amides is 2. The van der Waals surface area contributed by atoms with Gasteiger partial charge in [0.2, 0.25) is 5.91 Å². The van der Waals surface area contributed by atoms with Crippen LogP contribution in [-0.2, 0) is 14.3 Å². The van der Waals surface area contributed by atoms with Gasteiger partial charge in [-0.05, 0) is 53.4 Å². The number of benzene rings is 2. The monoisotopic (exact) mass is 462 g/mol. The Labute approximate surface area is 198 Å². The summed E-state index contributed by atoms with van der Waals surface area (Å²) < 4.78 is 5.56. The first kappa shape index (κ1) is 22.4. The van der Waals surface area contributed by atoms with E-state index in [0.29, 0.717) is 13.0 Å². The van der Waals surface area contributed by atoms with Crippen molar-refractivity contribution in [2.75, 3.05) is 13.2 Å². The molecule has 0 radical (unpaired) electrons.